The summed E-state index contributed by atoms with van der Waals surface area (Å²) in [5.41, 5.74) is 3.08. The minimum Gasteiger partial charge on any atom is -0.504 e. The number of carbonyl (C=O) groups excluding carboxylic acids is 1. The van der Waals surface area contributed by atoms with Crippen LogP contribution in [0.5, 0.6) is 0 Å². The number of imidazole rings is 2. The number of Topliss-reactive ketones (excluding diaryl/α,β-unsaturated/α-hetero) is 1. The van der Waals surface area contributed by atoms with Crippen molar-refractivity contribution in [2.45, 2.75) is 0 Å². The van der Waals surface area contributed by atoms with E-state index in [2.05, 4.69) is 19.9 Å². The molecule has 7 heteroatoms. The Hall–Kier alpha value is -5.17. The Balaban J connectivity index is 1.30. The van der Waals surface area contributed by atoms with Gasteiger partial charge in [-0.15, -0.1) is 0 Å². The van der Waals surface area contributed by atoms with Crippen LogP contribution in [0, 0.1) is 0 Å². The molecule has 0 amide bonds. The quantitative estimate of drug-likeness (QED) is 0.228. The van der Waals surface area contributed by atoms with Crippen molar-refractivity contribution in [3.63, 3.8) is 0 Å². The number of ketones is 1. The van der Waals surface area contributed by atoms with Crippen molar-refractivity contribution in [1.29, 1.82) is 0 Å². The normalized spacial score (nSPS) is 16.6. The van der Waals surface area contributed by atoms with E-state index in [-0.39, 0.29) is 11.1 Å². The third-order valence-electron chi connectivity index (χ3n) is 6.58. The second kappa shape index (κ2) is 7.41. The monoisotopic (exact) mass is 470 g/mol. The maximum absolute atomic E-state index is 13.2. The number of nitrogens with zero attached hydrogens (tertiary/aromatic N) is 2. The molecule has 4 N–H and O–H groups in total. The number of hydrogen-bond acceptors (Lipinski definition) is 5. The molecule has 2 heterocycles. The van der Waals surface area contributed by atoms with Crippen molar-refractivity contribution in [3.05, 3.63) is 107 Å². The molecule has 1 aliphatic carbocycles. The molecule has 0 aliphatic heterocycles. The van der Waals surface area contributed by atoms with Gasteiger partial charge in [-0.2, -0.15) is 0 Å². The summed E-state index contributed by atoms with van der Waals surface area (Å²) in [5, 5.41) is 25.3. The standard InChI is InChI=1S/C29H18N4O3/c34-27-19(13-23-30-21-11-9-15-5-1-3-7-17(15)25(21)32-23)28(35)29(36)20(27)14-24-31-22-12-10-16-6-2-4-8-18(16)26(22)33-24/h1-14,35-36H,(H,30,32)(H,31,33)/b19-13-,20-14-. The molecule has 36 heavy (non-hydrogen) atoms. The Bertz CT molecular complexity index is 1850. The highest BCUT2D eigenvalue weighted by Crippen LogP contribution is 2.33. The van der Waals surface area contributed by atoms with Gasteiger partial charge in [-0.05, 0) is 35.1 Å². The highest BCUT2D eigenvalue weighted by molar-refractivity contribution is 6.21. The van der Waals surface area contributed by atoms with Crippen molar-refractivity contribution in [3.8, 4) is 0 Å². The number of aliphatic hydroxyl groups excluding tert-OH is 2. The predicted molar refractivity (Wildman–Crippen MR) is 140 cm³/mol. The van der Waals surface area contributed by atoms with Crippen LogP contribution in [0.1, 0.15) is 11.6 Å². The number of aromatic amines is 2. The Labute approximate surface area is 203 Å². The van der Waals surface area contributed by atoms with Crippen LogP contribution in [-0.4, -0.2) is 35.9 Å². The summed E-state index contributed by atoms with van der Waals surface area (Å²) in [6.07, 6.45) is 2.91. The van der Waals surface area contributed by atoms with Crippen LogP contribution < -0.4 is 0 Å². The lowest BCUT2D eigenvalue weighted by Gasteiger charge is -1.96. The number of aromatic nitrogens is 4. The second-order valence-electron chi connectivity index (χ2n) is 8.75. The summed E-state index contributed by atoms with van der Waals surface area (Å²) in [6, 6.07) is 23.6. The van der Waals surface area contributed by atoms with Crippen LogP contribution in [0.4, 0.5) is 0 Å². The Morgan fingerprint density at radius 3 is 1.53 bits per heavy atom. The van der Waals surface area contributed by atoms with E-state index in [1.54, 1.807) is 0 Å². The predicted octanol–water partition coefficient (Wildman–Crippen LogP) is 6.12. The molecule has 0 atom stereocenters. The molecular weight excluding hydrogens is 452 g/mol. The van der Waals surface area contributed by atoms with Gasteiger partial charge in [0.2, 0.25) is 5.78 Å². The molecule has 0 radical (unpaired) electrons. The first-order valence-corrected chi connectivity index (χ1v) is 11.4. The number of benzene rings is 4. The van der Waals surface area contributed by atoms with Crippen molar-refractivity contribution < 1.29 is 15.0 Å². The molecule has 6 aromatic rings. The molecular formula is C29H18N4O3. The van der Waals surface area contributed by atoms with E-state index in [4.69, 9.17) is 0 Å². The van der Waals surface area contributed by atoms with Gasteiger partial charge in [0.1, 0.15) is 11.6 Å². The Morgan fingerprint density at radius 1 is 0.611 bits per heavy atom. The first kappa shape index (κ1) is 20.2. The van der Waals surface area contributed by atoms with Gasteiger partial charge in [0.05, 0.1) is 33.2 Å². The van der Waals surface area contributed by atoms with E-state index in [1.165, 1.54) is 12.2 Å². The lowest BCUT2D eigenvalue weighted by atomic mass is 10.1. The van der Waals surface area contributed by atoms with Gasteiger partial charge in [-0.3, -0.25) is 4.79 Å². The summed E-state index contributed by atoms with van der Waals surface area (Å²) in [5.74, 6) is -0.683. The summed E-state index contributed by atoms with van der Waals surface area (Å²) < 4.78 is 0. The van der Waals surface area contributed by atoms with Crippen LogP contribution in [0.2, 0.25) is 0 Å². The first-order valence-electron chi connectivity index (χ1n) is 11.4. The smallest absolute Gasteiger partial charge is 0.201 e. The van der Waals surface area contributed by atoms with E-state index in [1.807, 2.05) is 72.8 Å². The van der Waals surface area contributed by atoms with E-state index in [0.717, 1.165) is 43.6 Å². The molecule has 7 nitrogen and oxygen atoms in total. The summed E-state index contributed by atoms with van der Waals surface area (Å²) in [4.78, 5) is 28.8. The number of H-pyrrole nitrogens is 2. The first-order chi connectivity index (χ1) is 17.6. The molecule has 7 rings (SSSR count). The zero-order valence-electron chi connectivity index (χ0n) is 18.8. The van der Waals surface area contributed by atoms with Gasteiger partial charge in [0.25, 0.3) is 0 Å². The zero-order chi connectivity index (χ0) is 24.4. The van der Waals surface area contributed by atoms with Crippen LogP contribution in [0.3, 0.4) is 0 Å². The number of allylic oxidation sites excluding steroid dienone is 2. The highest BCUT2D eigenvalue weighted by Gasteiger charge is 2.33. The number of hydrogen-bond donors (Lipinski definition) is 4. The molecule has 0 bridgehead atoms. The van der Waals surface area contributed by atoms with Crippen molar-refractivity contribution in [1.82, 2.24) is 19.9 Å². The fourth-order valence-corrected chi connectivity index (χ4v) is 4.82. The summed E-state index contributed by atoms with van der Waals surface area (Å²) in [7, 11) is 0. The Kier molecular flexibility index (Phi) is 4.16. The van der Waals surface area contributed by atoms with Crippen LogP contribution in [0.25, 0.3) is 55.8 Å². The van der Waals surface area contributed by atoms with Gasteiger partial charge in [-0.1, -0.05) is 60.7 Å². The minimum atomic E-state index is -0.513. The topological polar surface area (TPSA) is 115 Å². The Morgan fingerprint density at radius 2 is 1.06 bits per heavy atom. The van der Waals surface area contributed by atoms with E-state index >= 15 is 0 Å². The average Bonchev–Trinajstić information content (AvgIpc) is 3.57. The molecule has 0 spiro atoms. The molecule has 0 saturated carbocycles. The fraction of sp³-hybridized carbons (Fsp3) is 0. The van der Waals surface area contributed by atoms with Crippen LogP contribution >= 0.6 is 0 Å². The lowest BCUT2D eigenvalue weighted by Crippen LogP contribution is -2.00. The maximum atomic E-state index is 13.2. The summed E-state index contributed by atoms with van der Waals surface area (Å²) in [6.45, 7) is 0. The molecule has 0 unspecified atom stereocenters. The minimum absolute atomic E-state index is 0.0383. The molecule has 1 aliphatic rings. The molecule has 0 fully saturated rings. The zero-order valence-corrected chi connectivity index (χ0v) is 18.8. The van der Waals surface area contributed by atoms with Gasteiger partial charge >= 0.3 is 0 Å². The van der Waals surface area contributed by atoms with Crippen molar-refractivity contribution >= 4 is 61.5 Å². The van der Waals surface area contributed by atoms with E-state index in [0.29, 0.717) is 11.6 Å². The molecule has 0 saturated heterocycles. The molecule has 172 valence electrons. The van der Waals surface area contributed by atoms with E-state index in [9.17, 15) is 15.0 Å². The van der Waals surface area contributed by atoms with Gasteiger partial charge < -0.3 is 20.2 Å². The second-order valence-corrected chi connectivity index (χ2v) is 8.75. The lowest BCUT2D eigenvalue weighted by molar-refractivity contribution is -0.111. The number of rotatable bonds is 2. The molecule has 2 aromatic heterocycles. The fourth-order valence-electron chi connectivity index (χ4n) is 4.82. The summed E-state index contributed by atoms with van der Waals surface area (Å²) >= 11 is 0. The number of nitrogens with one attached hydrogen (secondary N) is 2. The van der Waals surface area contributed by atoms with E-state index < -0.39 is 17.3 Å². The van der Waals surface area contributed by atoms with Crippen molar-refractivity contribution in [2.75, 3.05) is 0 Å². The number of fused-ring (bicyclic) bond motifs is 6. The third kappa shape index (κ3) is 2.96. The van der Waals surface area contributed by atoms with Gasteiger partial charge in [-0.25, -0.2) is 9.97 Å². The largest absolute Gasteiger partial charge is 0.504 e. The SMILES string of the molecule is O=C1/C(=C/c2nc3c(ccc4ccccc43)[nH]2)C(O)=C(O)/C1=C\c1nc2c(ccc3ccccc32)[nH]1. The third-order valence-corrected chi connectivity index (χ3v) is 6.58. The average molecular weight is 470 g/mol. The number of carbonyl (C=O) groups is 1. The van der Waals surface area contributed by atoms with Crippen LogP contribution in [0.15, 0.2) is 95.5 Å². The maximum Gasteiger partial charge on any atom is 0.201 e. The van der Waals surface area contributed by atoms with Crippen LogP contribution in [-0.2, 0) is 4.79 Å². The molecule has 4 aromatic carbocycles. The highest BCUT2D eigenvalue weighted by atomic mass is 16.3. The van der Waals surface area contributed by atoms with Gasteiger partial charge in [0.15, 0.2) is 11.5 Å². The number of aliphatic hydroxyl groups is 2. The van der Waals surface area contributed by atoms with Gasteiger partial charge in [0, 0.05) is 10.8 Å². The van der Waals surface area contributed by atoms with Crippen molar-refractivity contribution in [2.24, 2.45) is 0 Å².